The minimum Gasteiger partial charge on any atom is -0.381 e. The summed E-state index contributed by atoms with van der Waals surface area (Å²) in [5.74, 6) is -1.26. The lowest BCUT2D eigenvalue weighted by Gasteiger charge is -2.33. The van der Waals surface area contributed by atoms with Gasteiger partial charge in [-0.15, -0.1) is 0 Å². The summed E-state index contributed by atoms with van der Waals surface area (Å²) in [6.07, 6.45) is -2.46. The summed E-state index contributed by atoms with van der Waals surface area (Å²) < 4.78 is 69.7. The Morgan fingerprint density at radius 1 is 1.11 bits per heavy atom. The maximum Gasteiger partial charge on any atom is 0.266 e. The average molecular weight is 525 g/mol. The van der Waals surface area contributed by atoms with Crippen molar-refractivity contribution in [2.45, 2.75) is 63.1 Å². The zero-order valence-electron chi connectivity index (χ0n) is 20.2. The highest BCUT2D eigenvalue weighted by Gasteiger charge is 2.53. The van der Waals surface area contributed by atoms with Gasteiger partial charge in [-0.1, -0.05) is 18.2 Å². The molecule has 3 N–H and O–H groups in total. The fraction of sp³-hybridized carbons (Fsp3) is 0.538. The molecule has 1 aliphatic heterocycles. The van der Waals surface area contributed by atoms with E-state index in [1.165, 1.54) is 25.1 Å². The zero-order valence-corrected chi connectivity index (χ0v) is 20.2. The molecule has 1 amide bonds. The minimum absolute atomic E-state index is 0.00521. The van der Waals surface area contributed by atoms with E-state index in [9.17, 15) is 31.5 Å². The van der Waals surface area contributed by atoms with E-state index < -0.39 is 47.3 Å². The second-order valence-electron chi connectivity index (χ2n) is 10.4. The molecule has 200 valence electrons. The van der Waals surface area contributed by atoms with Gasteiger partial charge < -0.3 is 20.5 Å². The first-order chi connectivity index (χ1) is 17.6. The lowest BCUT2D eigenvalue weighted by molar-refractivity contribution is 0.0648. The van der Waals surface area contributed by atoms with E-state index in [1.54, 1.807) is 0 Å². The Hall–Kier alpha value is -2.95. The summed E-state index contributed by atoms with van der Waals surface area (Å²) in [5, 5.41) is 9.30. The third-order valence-electron chi connectivity index (χ3n) is 8.11. The standard InChI is InChI=1S/C26H29F5N4O2/c1-13(16-3-2-4-17(21(16)27)23(28)29)33-24(37)18-12-35(26(7-8-26)25(30)31)20(36)9-19(18)34-22-14-5-6-15(22)11-32-10-14/h2-4,9,12-15,22-23,25,32,34H,5-8,10-11H2,1H3,(H,33,37)/t13-,14-,15+,22-/m1/s1. The maximum atomic E-state index is 14.7. The number of hydrogen-bond acceptors (Lipinski definition) is 4. The van der Waals surface area contributed by atoms with Crippen LogP contribution in [-0.4, -0.2) is 36.0 Å². The van der Waals surface area contributed by atoms with Gasteiger partial charge in [0.1, 0.15) is 11.4 Å². The summed E-state index contributed by atoms with van der Waals surface area (Å²) >= 11 is 0. The molecule has 37 heavy (non-hydrogen) atoms. The third kappa shape index (κ3) is 4.62. The number of alkyl halides is 4. The molecule has 1 aromatic carbocycles. The van der Waals surface area contributed by atoms with Gasteiger partial charge in [-0.25, -0.2) is 22.0 Å². The molecular weight excluding hydrogens is 495 g/mol. The number of carbonyl (C=O) groups is 1. The predicted octanol–water partition coefficient (Wildman–Crippen LogP) is 4.58. The summed E-state index contributed by atoms with van der Waals surface area (Å²) in [6, 6.07) is 3.74. The lowest BCUT2D eigenvalue weighted by atomic mass is 9.93. The molecule has 0 radical (unpaired) electrons. The Morgan fingerprint density at radius 3 is 2.35 bits per heavy atom. The van der Waals surface area contributed by atoms with Crippen molar-refractivity contribution in [3.63, 3.8) is 0 Å². The van der Waals surface area contributed by atoms with Crippen LogP contribution in [0.5, 0.6) is 0 Å². The highest BCUT2D eigenvalue weighted by Crippen LogP contribution is 2.48. The topological polar surface area (TPSA) is 75.2 Å². The molecule has 1 aromatic heterocycles. The van der Waals surface area contributed by atoms with Gasteiger partial charge in [0.2, 0.25) is 0 Å². The van der Waals surface area contributed by atoms with Gasteiger partial charge in [0.15, 0.2) is 0 Å². The van der Waals surface area contributed by atoms with Gasteiger partial charge in [0.25, 0.3) is 24.3 Å². The predicted molar refractivity (Wildman–Crippen MR) is 128 cm³/mol. The summed E-state index contributed by atoms with van der Waals surface area (Å²) in [4.78, 5) is 26.4. The zero-order chi connectivity index (χ0) is 26.5. The van der Waals surface area contributed by atoms with E-state index in [0.717, 1.165) is 42.8 Å². The molecule has 2 aliphatic carbocycles. The van der Waals surface area contributed by atoms with Crippen molar-refractivity contribution in [1.82, 2.24) is 15.2 Å². The molecule has 4 atom stereocenters. The Morgan fingerprint density at radius 2 is 1.76 bits per heavy atom. The van der Waals surface area contributed by atoms with Crippen LogP contribution in [0.15, 0.2) is 35.3 Å². The number of fused-ring (bicyclic) bond motifs is 2. The van der Waals surface area contributed by atoms with Crippen LogP contribution in [0, 0.1) is 17.7 Å². The van der Waals surface area contributed by atoms with Gasteiger partial charge in [0, 0.05) is 23.9 Å². The van der Waals surface area contributed by atoms with Gasteiger partial charge >= 0.3 is 0 Å². The van der Waals surface area contributed by atoms with Crippen molar-refractivity contribution in [2.24, 2.45) is 11.8 Å². The number of halogens is 5. The van der Waals surface area contributed by atoms with Crippen LogP contribution in [0.2, 0.25) is 0 Å². The van der Waals surface area contributed by atoms with Crippen LogP contribution in [0.4, 0.5) is 27.6 Å². The first-order valence-electron chi connectivity index (χ1n) is 12.5. The van der Waals surface area contributed by atoms with Gasteiger partial charge in [-0.05, 0) is 57.5 Å². The minimum atomic E-state index is -3.02. The van der Waals surface area contributed by atoms with Crippen molar-refractivity contribution in [1.29, 1.82) is 0 Å². The summed E-state index contributed by atoms with van der Waals surface area (Å²) in [5.41, 5.74) is -2.99. The number of carbonyl (C=O) groups excluding carboxylic acids is 1. The molecule has 0 spiro atoms. The van der Waals surface area contributed by atoms with Crippen molar-refractivity contribution in [2.75, 3.05) is 18.4 Å². The number of hydrogen-bond donors (Lipinski definition) is 3. The number of rotatable bonds is 8. The van der Waals surface area contributed by atoms with Crippen LogP contribution in [0.25, 0.3) is 0 Å². The molecule has 2 saturated carbocycles. The molecule has 11 heteroatoms. The number of nitrogens with one attached hydrogen (secondary N) is 3. The Kier molecular flexibility index (Phi) is 6.76. The molecular formula is C26H29F5N4O2. The molecule has 2 bridgehead atoms. The van der Waals surface area contributed by atoms with Crippen molar-refractivity contribution >= 4 is 11.6 Å². The van der Waals surface area contributed by atoms with Crippen LogP contribution in [0.1, 0.15) is 66.6 Å². The molecule has 6 nitrogen and oxygen atoms in total. The number of benzene rings is 1. The Labute approximate surface area is 210 Å². The van der Waals surface area contributed by atoms with Crippen molar-refractivity contribution in [3.8, 4) is 0 Å². The second kappa shape index (κ2) is 9.74. The number of amides is 1. The quantitative estimate of drug-likeness (QED) is 0.442. The molecule has 3 fully saturated rings. The molecule has 0 unspecified atom stereocenters. The fourth-order valence-electron chi connectivity index (χ4n) is 5.80. The first-order valence-corrected chi connectivity index (χ1v) is 12.5. The van der Waals surface area contributed by atoms with E-state index in [4.69, 9.17) is 0 Å². The third-order valence-corrected chi connectivity index (χ3v) is 8.11. The molecule has 5 rings (SSSR count). The highest BCUT2D eigenvalue weighted by molar-refractivity contribution is 5.99. The van der Waals surface area contributed by atoms with Gasteiger partial charge in [-0.2, -0.15) is 0 Å². The summed E-state index contributed by atoms with van der Waals surface area (Å²) in [7, 11) is 0. The first kappa shape index (κ1) is 25.7. The Balaban J connectivity index is 1.49. The van der Waals surface area contributed by atoms with Crippen molar-refractivity contribution < 1.29 is 26.7 Å². The maximum absolute atomic E-state index is 14.7. The van der Waals surface area contributed by atoms with Crippen LogP contribution in [-0.2, 0) is 5.54 Å². The SMILES string of the molecule is C[C@@H](NC(=O)c1cn(C2(C(F)F)CC2)c(=O)cc1N[C@@H]1[C@@H]2CC[C@H]1CNC2)c1cccc(C(F)F)c1F. The largest absolute Gasteiger partial charge is 0.381 e. The van der Waals surface area contributed by atoms with Crippen LogP contribution < -0.4 is 21.5 Å². The molecule has 2 heterocycles. The van der Waals surface area contributed by atoms with E-state index in [2.05, 4.69) is 16.0 Å². The van der Waals surface area contributed by atoms with E-state index in [0.29, 0.717) is 0 Å². The van der Waals surface area contributed by atoms with E-state index >= 15 is 0 Å². The monoisotopic (exact) mass is 524 g/mol. The lowest BCUT2D eigenvalue weighted by Crippen LogP contribution is -2.46. The number of nitrogens with zero attached hydrogens (tertiary/aromatic N) is 1. The Bertz CT molecular complexity index is 1230. The number of anilines is 1. The van der Waals surface area contributed by atoms with Gasteiger partial charge in [0.05, 0.1) is 22.9 Å². The smallest absolute Gasteiger partial charge is 0.266 e. The summed E-state index contributed by atoms with van der Waals surface area (Å²) in [6.45, 7) is 3.03. The number of pyridine rings is 1. The molecule has 1 saturated heterocycles. The van der Waals surface area contributed by atoms with Gasteiger partial charge in [-0.3, -0.25) is 9.59 Å². The highest BCUT2D eigenvalue weighted by atomic mass is 19.3. The van der Waals surface area contributed by atoms with Crippen LogP contribution in [0.3, 0.4) is 0 Å². The van der Waals surface area contributed by atoms with E-state index in [1.807, 2.05) is 0 Å². The second-order valence-corrected chi connectivity index (χ2v) is 10.4. The fourth-order valence-corrected chi connectivity index (χ4v) is 5.80. The number of aromatic nitrogens is 1. The van der Waals surface area contributed by atoms with Crippen LogP contribution >= 0.6 is 0 Å². The molecule has 2 aromatic rings. The average Bonchev–Trinajstić information content (AvgIpc) is 3.62. The van der Waals surface area contributed by atoms with Crippen molar-refractivity contribution in [3.05, 3.63) is 63.3 Å². The normalized spacial score (nSPS) is 24.8. The number of piperidine rings is 1. The van der Waals surface area contributed by atoms with E-state index in [-0.39, 0.29) is 47.5 Å². The molecule has 3 aliphatic rings.